The molecule has 0 saturated heterocycles. The summed E-state index contributed by atoms with van der Waals surface area (Å²) in [6.45, 7) is 9.94. The molecule has 3 N–H and O–H groups in total. The van der Waals surface area contributed by atoms with Crippen LogP contribution in [0.25, 0.3) is 11.1 Å². The van der Waals surface area contributed by atoms with Gasteiger partial charge in [-0.3, -0.25) is 4.79 Å². The molecule has 0 fully saturated rings. The van der Waals surface area contributed by atoms with Gasteiger partial charge < -0.3 is 10.5 Å². The van der Waals surface area contributed by atoms with E-state index < -0.39 is 15.9 Å². The average Bonchev–Trinajstić information content (AvgIpc) is 2.86. The van der Waals surface area contributed by atoms with E-state index in [1.165, 1.54) is 18.2 Å². The first-order valence-electron chi connectivity index (χ1n) is 12.1. The lowest BCUT2D eigenvalue weighted by Gasteiger charge is -2.17. The number of nitrogens with zero attached hydrogens (tertiary/aromatic N) is 2. The van der Waals surface area contributed by atoms with E-state index in [9.17, 15) is 13.2 Å². The number of carbonyl (C=O) groups is 1. The number of pyridine rings is 2. The predicted molar refractivity (Wildman–Crippen MR) is 148 cm³/mol. The molecular weight excluding hydrogens is 500 g/mol. The highest BCUT2D eigenvalue weighted by Gasteiger charge is 2.25. The van der Waals surface area contributed by atoms with Crippen LogP contribution in [0.1, 0.15) is 52.4 Å². The zero-order valence-electron chi connectivity index (χ0n) is 21.9. The van der Waals surface area contributed by atoms with Gasteiger partial charge in [0.15, 0.2) is 5.03 Å². The van der Waals surface area contributed by atoms with Crippen molar-refractivity contribution < 1.29 is 17.9 Å². The van der Waals surface area contributed by atoms with E-state index in [1.54, 1.807) is 12.3 Å². The maximum absolute atomic E-state index is 13.5. The van der Waals surface area contributed by atoms with E-state index in [0.29, 0.717) is 11.3 Å². The van der Waals surface area contributed by atoms with E-state index >= 15 is 0 Å². The number of aromatic nitrogens is 2. The monoisotopic (exact) mass is 530 g/mol. The number of nitrogens with one attached hydrogen (secondary N) is 1. The number of ether oxygens (including phenoxy) is 1. The topological polar surface area (TPSA) is 124 Å². The highest BCUT2D eigenvalue weighted by atomic mass is 32.2. The van der Waals surface area contributed by atoms with E-state index in [-0.39, 0.29) is 28.2 Å². The van der Waals surface area contributed by atoms with Crippen molar-refractivity contribution >= 4 is 21.7 Å². The summed E-state index contributed by atoms with van der Waals surface area (Å²) in [5, 5.41) is -0.368. The molecule has 8 nitrogen and oxygen atoms in total. The number of sulfonamides is 1. The Kier molecular flexibility index (Phi) is 7.50. The standard InChI is InChI=1S/C29H30N4O4S/c1-17(2)22-9-6-7-10-23(22)21-15-24(28(34)33-38(35,36)26-12-8-11-25(30)32-26)29(31-16-21)37-27-19(4)13-18(3)14-20(27)5/h6-17H,1-5H3,(H2,30,32)(H,33,34). The van der Waals surface area contributed by atoms with E-state index in [0.717, 1.165) is 27.8 Å². The molecule has 0 aliphatic heterocycles. The van der Waals surface area contributed by atoms with E-state index in [1.807, 2.05) is 57.2 Å². The second-order valence-corrected chi connectivity index (χ2v) is 11.1. The fourth-order valence-corrected chi connectivity index (χ4v) is 5.28. The molecule has 4 aromatic rings. The molecule has 0 spiro atoms. The summed E-state index contributed by atoms with van der Waals surface area (Å²) in [6.07, 6.45) is 1.63. The first-order chi connectivity index (χ1) is 18.0. The molecule has 0 aliphatic carbocycles. The summed E-state index contributed by atoms with van der Waals surface area (Å²) in [6, 6.07) is 17.5. The van der Waals surface area contributed by atoms with Crippen molar-refractivity contribution in [2.45, 2.75) is 45.6 Å². The van der Waals surface area contributed by atoms with Gasteiger partial charge in [0.2, 0.25) is 5.88 Å². The lowest BCUT2D eigenvalue weighted by Crippen LogP contribution is -2.31. The molecule has 2 aromatic heterocycles. The maximum Gasteiger partial charge on any atom is 0.281 e. The van der Waals surface area contributed by atoms with E-state index in [2.05, 4.69) is 28.5 Å². The molecule has 4 rings (SSSR count). The van der Waals surface area contributed by atoms with Crippen molar-refractivity contribution in [3.05, 3.63) is 94.7 Å². The number of hydrogen-bond acceptors (Lipinski definition) is 7. The largest absolute Gasteiger partial charge is 0.438 e. The number of anilines is 1. The summed E-state index contributed by atoms with van der Waals surface area (Å²) in [4.78, 5) is 21.8. The highest BCUT2D eigenvalue weighted by Crippen LogP contribution is 2.34. The summed E-state index contributed by atoms with van der Waals surface area (Å²) in [5.74, 6) is -0.134. The molecule has 1 amide bonds. The highest BCUT2D eigenvalue weighted by molar-refractivity contribution is 7.90. The van der Waals surface area contributed by atoms with Crippen LogP contribution in [0.5, 0.6) is 11.6 Å². The third kappa shape index (κ3) is 5.68. The van der Waals surface area contributed by atoms with Gasteiger partial charge in [0.1, 0.15) is 17.1 Å². The van der Waals surface area contributed by atoms with Crippen LogP contribution in [0.2, 0.25) is 0 Å². The van der Waals surface area contributed by atoms with Gasteiger partial charge in [0, 0.05) is 11.8 Å². The van der Waals surface area contributed by atoms with Crippen LogP contribution in [0.15, 0.2) is 71.9 Å². The number of aryl methyl sites for hydroxylation is 3. The molecular formula is C29H30N4O4S. The Hall–Kier alpha value is -4.24. The quantitative estimate of drug-likeness (QED) is 0.315. The van der Waals surface area contributed by atoms with Gasteiger partial charge in [-0.2, -0.15) is 8.42 Å². The summed E-state index contributed by atoms with van der Waals surface area (Å²) in [7, 11) is -4.31. The fraction of sp³-hybridized carbons (Fsp3) is 0.207. The van der Waals surface area contributed by atoms with Crippen LogP contribution in [0, 0.1) is 20.8 Å². The minimum Gasteiger partial charge on any atom is -0.438 e. The fourth-order valence-electron chi connectivity index (χ4n) is 4.34. The number of nitrogen functional groups attached to an aromatic ring is 1. The van der Waals surface area contributed by atoms with Crippen molar-refractivity contribution in [3.63, 3.8) is 0 Å². The zero-order valence-corrected chi connectivity index (χ0v) is 22.8. The molecule has 0 radical (unpaired) electrons. The van der Waals surface area contributed by atoms with Crippen LogP contribution in [-0.4, -0.2) is 24.3 Å². The van der Waals surface area contributed by atoms with Crippen LogP contribution in [-0.2, 0) is 10.0 Å². The van der Waals surface area contributed by atoms with Gasteiger partial charge in [-0.1, -0.05) is 61.9 Å². The number of hydrogen-bond donors (Lipinski definition) is 2. The first kappa shape index (κ1) is 26.8. The van der Waals surface area contributed by atoms with Crippen molar-refractivity contribution in [2.75, 3.05) is 5.73 Å². The van der Waals surface area contributed by atoms with Crippen molar-refractivity contribution in [1.29, 1.82) is 0 Å². The van der Waals surface area contributed by atoms with Gasteiger partial charge >= 0.3 is 0 Å². The van der Waals surface area contributed by atoms with Gasteiger partial charge in [-0.25, -0.2) is 14.7 Å². The molecule has 196 valence electrons. The van der Waals surface area contributed by atoms with Crippen molar-refractivity contribution in [3.8, 4) is 22.8 Å². The minimum atomic E-state index is -4.31. The molecule has 38 heavy (non-hydrogen) atoms. The van der Waals surface area contributed by atoms with E-state index in [4.69, 9.17) is 10.5 Å². The van der Waals surface area contributed by atoms with Gasteiger partial charge in [0.05, 0.1) is 0 Å². The molecule has 0 saturated carbocycles. The summed E-state index contributed by atoms with van der Waals surface area (Å²) in [5.41, 5.74) is 11.0. The molecule has 9 heteroatoms. The number of carbonyl (C=O) groups excluding carboxylic acids is 1. The first-order valence-corrected chi connectivity index (χ1v) is 13.6. The second-order valence-electron chi connectivity index (χ2n) is 9.48. The molecule has 2 aromatic carbocycles. The average molecular weight is 531 g/mol. The molecule has 0 atom stereocenters. The lowest BCUT2D eigenvalue weighted by atomic mass is 9.93. The van der Waals surface area contributed by atoms with Crippen LogP contribution >= 0.6 is 0 Å². The zero-order chi connectivity index (χ0) is 27.6. The Balaban J connectivity index is 1.82. The smallest absolute Gasteiger partial charge is 0.281 e. The third-order valence-electron chi connectivity index (χ3n) is 6.04. The normalized spacial score (nSPS) is 11.4. The minimum absolute atomic E-state index is 0.0148. The van der Waals surface area contributed by atoms with Crippen molar-refractivity contribution in [1.82, 2.24) is 14.7 Å². The van der Waals surface area contributed by atoms with Gasteiger partial charge in [0.25, 0.3) is 15.9 Å². The molecule has 2 heterocycles. The van der Waals surface area contributed by atoms with Crippen molar-refractivity contribution in [2.24, 2.45) is 0 Å². The molecule has 0 bridgehead atoms. The Morgan fingerprint density at radius 1 is 0.974 bits per heavy atom. The Morgan fingerprint density at radius 3 is 2.32 bits per heavy atom. The van der Waals surface area contributed by atoms with Crippen LogP contribution < -0.4 is 15.2 Å². The van der Waals surface area contributed by atoms with Gasteiger partial charge in [-0.15, -0.1) is 0 Å². The molecule has 0 unspecified atom stereocenters. The maximum atomic E-state index is 13.5. The predicted octanol–water partition coefficient (Wildman–Crippen LogP) is 5.69. The second kappa shape index (κ2) is 10.6. The molecule has 0 aliphatic rings. The SMILES string of the molecule is Cc1cc(C)c(Oc2ncc(-c3ccccc3C(C)C)cc2C(=O)NS(=O)(=O)c2cccc(N)n2)c(C)c1. The van der Waals surface area contributed by atoms with Crippen LogP contribution in [0.3, 0.4) is 0 Å². The Labute approximate surface area is 223 Å². The summed E-state index contributed by atoms with van der Waals surface area (Å²) < 4.78 is 34.2. The number of nitrogens with two attached hydrogens (primary N) is 1. The summed E-state index contributed by atoms with van der Waals surface area (Å²) >= 11 is 0. The Morgan fingerprint density at radius 2 is 1.66 bits per heavy atom. The lowest BCUT2D eigenvalue weighted by molar-refractivity contribution is 0.0978. The van der Waals surface area contributed by atoms with Crippen LogP contribution in [0.4, 0.5) is 5.82 Å². The Bertz CT molecular complexity index is 1610. The number of benzene rings is 2. The third-order valence-corrected chi connectivity index (χ3v) is 7.27. The van der Waals surface area contributed by atoms with Gasteiger partial charge in [-0.05, 0) is 67.1 Å². The number of amides is 1. The number of rotatable bonds is 7.